The highest BCUT2D eigenvalue weighted by molar-refractivity contribution is 6.32. The molecule has 3 aromatic carbocycles. The number of amidine groups is 1. The first-order valence-electron chi connectivity index (χ1n) is 11.5. The summed E-state index contributed by atoms with van der Waals surface area (Å²) in [5.74, 6) is -0.239. The number of hydrogen-bond donors (Lipinski definition) is 0. The van der Waals surface area contributed by atoms with Crippen molar-refractivity contribution in [3.63, 3.8) is 0 Å². The summed E-state index contributed by atoms with van der Waals surface area (Å²) in [7, 11) is 0. The van der Waals surface area contributed by atoms with Crippen LogP contribution in [0, 0.1) is 38.2 Å². The normalized spacial score (nSPS) is 20.6. The van der Waals surface area contributed by atoms with Gasteiger partial charge in [0.2, 0.25) is 0 Å². The minimum absolute atomic E-state index is 0.0527. The van der Waals surface area contributed by atoms with Gasteiger partial charge in [-0.15, -0.1) is 0 Å². The van der Waals surface area contributed by atoms with Gasteiger partial charge in [-0.2, -0.15) is 10.5 Å². The Labute approximate surface area is 214 Å². The van der Waals surface area contributed by atoms with Gasteiger partial charge in [0.25, 0.3) is 5.69 Å². The fraction of sp³-hybridized carbons (Fsp3) is 0.250. The Hall–Kier alpha value is -4.20. The van der Waals surface area contributed by atoms with Crippen molar-refractivity contribution in [3.05, 3.63) is 93.0 Å². The molecule has 0 spiro atoms. The van der Waals surface area contributed by atoms with Gasteiger partial charge < -0.3 is 4.90 Å². The monoisotopic (exact) mass is 495 g/mol. The number of fused-ring (bicyclic) bond motifs is 6. The number of nitriles is 2. The van der Waals surface area contributed by atoms with E-state index in [0.29, 0.717) is 11.4 Å². The Morgan fingerprint density at radius 3 is 2.28 bits per heavy atom. The molecular formula is C28H22ClN5O2. The van der Waals surface area contributed by atoms with Gasteiger partial charge >= 0.3 is 0 Å². The summed E-state index contributed by atoms with van der Waals surface area (Å²) in [6.07, 6.45) is 0. The molecule has 1 saturated heterocycles. The maximum atomic E-state index is 11.4. The van der Waals surface area contributed by atoms with Crippen LogP contribution in [0.15, 0.2) is 71.7 Å². The van der Waals surface area contributed by atoms with Gasteiger partial charge in [0, 0.05) is 11.6 Å². The highest BCUT2D eigenvalue weighted by Gasteiger charge is 2.62. The molecule has 0 amide bonds. The largest absolute Gasteiger partial charge is 0.319 e. The van der Waals surface area contributed by atoms with Crippen LogP contribution in [0.2, 0.25) is 5.02 Å². The van der Waals surface area contributed by atoms with E-state index in [-0.39, 0.29) is 10.7 Å². The van der Waals surface area contributed by atoms with Crippen molar-refractivity contribution in [1.29, 1.82) is 10.5 Å². The summed E-state index contributed by atoms with van der Waals surface area (Å²) in [4.78, 5) is 17.9. The van der Waals surface area contributed by atoms with Gasteiger partial charge in [-0.05, 0) is 49.6 Å². The van der Waals surface area contributed by atoms with Crippen molar-refractivity contribution < 1.29 is 4.92 Å². The Morgan fingerprint density at radius 1 is 1.03 bits per heavy atom. The summed E-state index contributed by atoms with van der Waals surface area (Å²) in [5, 5.41) is 32.7. The Morgan fingerprint density at radius 2 is 1.67 bits per heavy atom. The number of aliphatic imine (C=N–C) groups is 1. The van der Waals surface area contributed by atoms with Crippen molar-refractivity contribution in [2.75, 3.05) is 4.90 Å². The van der Waals surface area contributed by atoms with E-state index < -0.39 is 27.8 Å². The predicted molar refractivity (Wildman–Crippen MR) is 139 cm³/mol. The molecule has 0 bridgehead atoms. The standard InChI is InChI=1S/C28H22ClN5O2/c1-27(2,3)32-26-24(17-12-13-23(34(35)36)21(29)14-17)28(15-30,16-31)25-20-10-5-4-8-18(20)19-9-6-7-11-22(19)33(25)26/h4-14,24-25H,1-3H3. The Balaban J connectivity index is 1.89. The fourth-order valence-corrected chi connectivity index (χ4v) is 5.63. The highest BCUT2D eigenvalue weighted by Crippen LogP contribution is 2.62. The molecule has 0 aliphatic carbocycles. The second-order valence-electron chi connectivity index (χ2n) is 10.0. The predicted octanol–water partition coefficient (Wildman–Crippen LogP) is 6.80. The van der Waals surface area contributed by atoms with E-state index >= 15 is 0 Å². The van der Waals surface area contributed by atoms with E-state index in [9.17, 15) is 20.6 Å². The van der Waals surface area contributed by atoms with E-state index in [1.165, 1.54) is 12.1 Å². The molecule has 2 aliphatic rings. The number of benzene rings is 3. The molecular weight excluding hydrogens is 474 g/mol. The van der Waals surface area contributed by atoms with E-state index in [0.717, 1.165) is 22.4 Å². The van der Waals surface area contributed by atoms with Crippen LogP contribution < -0.4 is 4.90 Å². The molecule has 2 unspecified atom stereocenters. The smallest absolute Gasteiger partial charge is 0.287 e. The van der Waals surface area contributed by atoms with Crippen LogP contribution in [0.4, 0.5) is 11.4 Å². The van der Waals surface area contributed by atoms with E-state index in [1.807, 2.05) is 74.2 Å². The lowest BCUT2D eigenvalue weighted by Crippen LogP contribution is -2.36. The molecule has 178 valence electrons. The lowest BCUT2D eigenvalue weighted by molar-refractivity contribution is -0.384. The number of halogens is 1. The Kier molecular flexibility index (Phi) is 5.35. The van der Waals surface area contributed by atoms with Gasteiger partial charge in [-0.25, -0.2) is 0 Å². The van der Waals surface area contributed by atoms with E-state index in [4.69, 9.17) is 16.6 Å². The second-order valence-corrected chi connectivity index (χ2v) is 10.4. The average molecular weight is 496 g/mol. The molecule has 0 saturated carbocycles. The SMILES string of the molecule is CC(C)(C)N=C1C(c2ccc([N+](=O)[O-])c(Cl)c2)C(C#N)(C#N)C2c3ccccc3-c3ccccc3N12. The highest BCUT2D eigenvalue weighted by atomic mass is 35.5. The third-order valence-corrected chi connectivity index (χ3v) is 6.98. The molecule has 7 nitrogen and oxygen atoms in total. The minimum Gasteiger partial charge on any atom is -0.319 e. The number of nitrogens with zero attached hydrogens (tertiary/aromatic N) is 5. The molecule has 0 aromatic heterocycles. The van der Waals surface area contributed by atoms with Crippen LogP contribution in [0.5, 0.6) is 0 Å². The number of para-hydroxylation sites is 1. The minimum atomic E-state index is -1.58. The average Bonchev–Trinajstić information content (AvgIpc) is 3.13. The van der Waals surface area contributed by atoms with Gasteiger partial charge in [-0.3, -0.25) is 15.1 Å². The van der Waals surface area contributed by atoms with Crippen LogP contribution in [0.1, 0.15) is 43.9 Å². The van der Waals surface area contributed by atoms with Crippen LogP contribution >= 0.6 is 11.6 Å². The molecule has 2 heterocycles. The molecule has 2 atom stereocenters. The fourth-order valence-electron chi connectivity index (χ4n) is 5.38. The van der Waals surface area contributed by atoms with Gasteiger partial charge in [0.15, 0.2) is 5.41 Å². The van der Waals surface area contributed by atoms with Crippen LogP contribution in [0.25, 0.3) is 11.1 Å². The number of nitro benzene ring substituents is 1. The molecule has 8 heteroatoms. The first-order valence-corrected chi connectivity index (χ1v) is 11.8. The zero-order valence-electron chi connectivity index (χ0n) is 19.9. The van der Waals surface area contributed by atoms with Crippen LogP contribution in [-0.4, -0.2) is 16.3 Å². The molecule has 5 rings (SSSR count). The van der Waals surface area contributed by atoms with Gasteiger partial charge in [0.05, 0.1) is 40.2 Å². The lowest BCUT2D eigenvalue weighted by atomic mass is 9.68. The maximum absolute atomic E-state index is 11.4. The molecule has 0 N–H and O–H groups in total. The third-order valence-electron chi connectivity index (χ3n) is 6.68. The summed E-state index contributed by atoms with van der Waals surface area (Å²) in [6.45, 7) is 5.87. The van der Waals surface area contributed by atoms with Gasteiger partial charge in [0.1, 0.15) is 10.9 Å². The molecule has 36 heavy (non-hydrogen) atoms. The number of anilines is 1. The van der Waals surface area contributed by atoms with Crippen LogP contribution in [0.3, 0.4) is 0 Å². The third kappa shape index (κ3) is 3.36. The lowest BCUT2D eigenvalue weighted by Gasteiger charge is -2.38. The summed E-state index contributed by atoms with van der Waals surface area (Å²) in [5.41, 5.74) is 1.84. The first-order chi connectivity index (χ1) is 17.1. The zero-order valence-corrected chi connectivity index (χ0v) is 20.7. The molecule has 1 fully saturated rings. The number of nitro groups is 1. The summed E-state index contributed by atoms with van der Waals surface area (Å²) < 4.78 is 0. The van der Waals surface area contributed by atoms with Crippen molar-refractivity contribution in [1.82, 2.24) is 0 Å². The summed E-state index contributed by atoms with van der Waals surface area (Å²) >= 11 is 6.32. The number of rotatable bonds is 2. The molecule has 3 aromatic rings. The van der Waals surface area contributed by atoms with Crippen molar-refractivity contribution in [2.24, 2.45) is 10.4 Å². The zero-order chi connectivity index (χ0) is 25.8. The summed E-state index contributed by atoms with van der Waals surface area (Å²) in [6, 6.07) is 24.1. The number of hydrogen-bond acceptors (Lipinski definition) is 5. The topological polar surface area (TPSA) is 106 Å². The first kappa shape index (κ1) is 23.5. The van der Waals surface area contributed by atoms with E-state index in [1.54, 1.807) is 6.07 Å². The van der Waals surface area contributed by atoms with Crippen LogP contribution in [-0.2, 0) is 0 Å². The quantitative estimate of drug-likeness (QED) is 0.287. The second kappa shape index (κ2) is 8.19. The van der Waals surface area contributed by atoms with Gasteiger partial charge in [-0.1, -0.05) is 60.1 Å². The van der Waals surface area contributed by atoms with E-state index in [2.05, 4.69) is 12.1 Å². The van der Waals surface area contributed by atoms with Crippen molar-refractivity contribution >= 4 is 28.8 Å². The molecule has 0 radical (unpaired) electrons. The van der Waals surface area contributed by atoms with Crippen molar-refractivity contribution in [2.45, 2.75) is 38.3 Å². The maximum Gasteiger partial charge on any atom is 0.287 e. The molecule has 2 aliphatic heterocycles. The Bertz CT molecular complexity index is 1510. The van der Waals surface area contributed by atoms with Crippen molar-refractivity contribution in [3.8, 4) is 23.3 Å².